The molecule has 138 valence electrons. The second kappa shape index (κ2) is 6.88. The van der Waals surface area contributed by atoms with Crippen LogP contribution in [0.25, 0.3) is 0 Å². The number of aromatic nitrogens is 1. The third-order valence-electron chi connectivity index (χ3n) is 6.76. The second-order valence-electron chi connectivity index (χ2n) is 8.37. The van der Waals surface area contributed by atoms with E-state index in [1.165, 1.54) is 24.3 Å². The quantitative estimate of drug-likeness (QED) is 0.894. The Morgan fingerprint density at radius 1 is 1.44 bits per heavy atom. The van der Waals surface area contributed by atoms with Gasteiger partial charge in [0.1, 0.15) is 5.01 Å². The first-order valence-corrected chi connectivity index (χ1v) is 10.6. The highest BCUT2D eigenvalue weighted by molar-refractivity contribution is 7.09. The molecule has 0 bridgehead atoms. The number of piperidine rings is 1. The number of carbonyl (C=O) groups excluding carboxylic acids is 1. The molecule has 1 aromatic heterocycles. The Morgan fingerprint density at radius 2 is 2.24 bits per heavy atom. The molecular formula is C19H30N4OS. The highest BCUT2D eigenvalue weighted by atomic mass is 32.1. The van der Waals surface area contributed by atoms with Crippen molar-refractivity contribution in [3.05, 3.63) is 16.6 Å². The number of carbonyl (C=O) groups is 1. The summed E-state index contributed by atoms with van der Waals surface area (Å²) in [6, 6.07) is 1.22. The van der Waals surface area contributed by atoms with Crippen molar-refractivity contribution in [1.29, 1.82) is 0 Å². The summed E-state index contributed by atoms with van der Waals surface area (Å²) in [4.78, 5) is 21.5. The highest BCUT2D eigenvalue weighted by Crippen LogP contribution is 2.56. The van der Waals surface area contributed by atoms with Gasteiger partial charge in [0, 0.05) is 36.8 Å². The van der Waals surface area contributed by atoms with Crippen molar-refractivity contribution in [3.8, 4) is 0 Å². The number of hydrogen-bond acceptors (Lipinski definition) is 4. The fourth-order valence-electron chi connectivity index (χ4n) is 4.91. The molecule has 1 N–H and O–H groups in total. The summed E-state index contributed by atoms with van der Waals surface area (Å²) in [5.41, 5.74) is 0.448. The van der Waals surface area contributed by atoms with E-state index in [9.17, 15) is 4.79 Å². The molecule has 1 aliphatic heterocycles. The zero-order valence-corrected chi connectivity index (χ0v) is 16.2. The van der Waals surface area contributed by atoms with Crippen molar-refractivity contribution in [1.82, 2.24) is 20.1 Å². The molecule has 1 saturated heterocycles. The molecule has 4 rings (SSSR count). The van der Waals surface area contributed by atoms with Gasteiger partial charge in [-0.05, 0) is 50.5 Å². The normalized spacial score (nSPS) is 30.8. The van der Waals surface area contributed by atoms with Gasteiger partial charge in [-0.3, -0.25) is 4.90 Å². The number of amides is 2. The maximum absolute atomic E-state index is 12.6. The zero-order valence-electron chi connectivity index (χ0n) is 15.4. The molecule has 3 fully saturated rings. The first-order valence-electron chi connectivity index (χ1n) is 9.71. The van der Waals surface area contributed by atoms with Gasteiger partial charge in [-0.1, -0.05) is 13.3 Å². The number of thiazole rings is 1. The predicted octanol–water partition coefficient (Wildman–Crippen LogP) is 3.33. The first kappa shape index (κ1) is 17.3. The molecule has 0 aromatic carbocycles. The monoisotopic (exact) mass is 362 g/mol. The van der Waals surface area contributed by atoms with Gasteiger partial charge in [-0.25, -0.2) is 9.78 Å². The second-order valence-corrected chi connectivity index (χ2v) is 9.35. The molecule has 25 heavy (non-hydrogen) atoms. The van der Waals surface area contributed by atoms with E-state index >= 15 is 0 Å². The summed E-state index contributed by atoms with van der Waals surface area (Å²) in [6.07, 6.45) is 9.11. The molecule has 3 atom stereocenters. The van der Waals surface area contributed by atoms with E-state index in [4.69, 9.17) is 0 Å². The van der Waals surface area contributed by atoms with E-state index in [-0.39, 0.29) is 6.03 Å². The van der Waals surface area contributed by atoms with Crippen molar-refractivity contribution < 1.29 is 4.79 Å². The van der Waals surface area contributed by atoms with Crippen LogP contribution in [0.5, 0.6) is 0 Å². The number of nitrogens with one attached hydrogen (secondary N) is 1. The highest BCUT2D eigenvalue weighted by Gasteiger charge is 2.56. The SMILES string of the molecule is C[C@@H]1CCC[C@H]1NC(=O)N1CCC2(CC1)C[C@@H]2N(C)Cc1nccs1. The molecule has 1 spiro atoms. The first-order chi connectivity index (χ1) is 12.1. The average molecular weight is 363 g/mol. The third kappa shape index (κ3) is 3.56. The largest absolute Gasteiger partial charge is 0.335 e. The Balaban J connectivity index is 1.25. The molecule has 2 amide bonds. The van der Waals surface area contributed by atoms with Gasteiger partial charge >= 0.3 is 6.03 Å². The lowest BCUT2D eigenvalue weighted by molar-refractivity contribution is 0.144. The molecule has 1 aromatic rings. The minimum absolute atomic E-state index is 0.168. The van der Waals surface area contributed by atoms with E-state index in [0.717, 1.165) is 38.9 Å². The number of likely N-dealkylation sites (tertiary alicyclic amines) is 1. The summed E-state index contributed by atoms with van der Waals surface area (Å²) in [5, 5.41) is 6.53. The van der Waals surface area contributed by atoms with E-state index in [1.54, 1.807) is 11.3 Å². The van der Waals surface area contributed by atoms with Crippen molar-refractivity contribution in [3.63, 3.8) is 0 Å². The Labute approximate surface area is 154 Å². The fraction of sp³-hybridized carbons (Fsp3) is 0.789. The third-order valence-corrected chi connectivity index (χ3v) is 7.53. The molecule has 2 saturated carbocycles. The molecule has 2 aliphatic carbocycles. The Bertz CT molecular complexity index is 597. The predicted molar refractivity (Wildman–Crippen MR) is 101 cm³/mol. The summed E-state index contributed by atoms with van der Waals surface area (Å²) in [7, 11) is 2.22. The van der Waals surface area contributed by atoms with Crippen LogP contribution in [0, 0.1) is 11.3 Å². The van der Waals surface area contributed by atoms with Crippen LogP contribution >= 0.6 is 11.3 Å². The Morgan fingerprint density at radius 3 is 2.88 bits per heavy atom. The lowest BCUT2D eigenvalue weighted by Gasteiger charge is -2.35. The molecule has 2 heterocycles. The molecule has 3 aliphatic rings. The van der Waals surface area contributed by atoms with Crippen LogP contribution in [0.15, 0.2) is 11.6 Å². The molecule has 5 nitrogen and oxygen atoms in total. The summed E-state index contributed by atoms with van der Waals surface area (Å²) >= 11 is 1.74. The van der Waals surface area contributed by atoms with Crippen molar-refractivity contribution >= 4 is 17.4 Å². The molecule has 0 unspecified atom stereocenters. The molecule has 0 radical (unpaired) electrons. The molecular weight excluding hydrogens is 332 g/mol. The van der Waals surface area contributed by atoms with Crippen LogP contribution < -0.4 is 5.32 Å². The standard InChI is InChI=1S/C19H30N4OS/c1-14-4-3-5-15(14)21-18(24)23-9-6-19(7-10-23)12-16(19)22(2)13-17-20-8-11-25-17/h8,11,14-16H,3-7,9-10,12-13H2,1-2H3,(H,21,24)/t14-,15-,16+/m1/s1. The van der Waals surface area contributed by atoms with E-state index < -0.39 is 0 Å². The van der Waals surface area contributed by atoms with Crippen LogP contribution in [0.4, 0.5) is 4.79 Å². The number of hydrogen-bond donors (Lipinski definition) is 1. The van der Waals surface area contributed by atoms with Gasteiger partial charge < -0.3 is 10.2 Å². The van der Waals surface area contributed by atoms with E-state index in [2.05, 4.69) is 29.2 Å². The average Bonchev–Trinajstić information content (AvgIpc) is 2.92. The maximum Gasteiger partial charge on any atom is 0.317 e. The molecule has 6 heteroatoms. The minimum Gasteiger partial charge on any atom is -0.335 e. The van der Waals surface area contributed by atoms with Crippen LogP contribution in [0.1, 0.15) is 50.5 Å². The Hall–Kier alpha value is -1.14. The van der Waals surface area contributed by atoms with Crippen LogP contribution in [-0.2, 0) is 6.54 Å². The van der Waals surface area contributed by atoms with E-state index in [0.29, 0.717) is 23.4 Å². The fourth-order valence-corrected chi connectivity index (χ4v) is 5.59. The smallest absolute Gasteiger partial charge is 0.317 e. The lowest BCUT2D eigenvalue weighted by Crippen LogP contribution is -2.49. The van der Waals surface area contributed by atoms with Gasteiger partial charge in [-0.2, -0.15) is 0 Å². The number of rotatable bonds is 4. The maximum atomic E-state index is 12.6. The van der Waals surface area contributed by atoms with E-state index in [1.807, 2.05) is 16.5 Å². The van der Waals surface area contributed by atoms with Gasteiger partial charge in [0.15, 0.2) is 0 Å². The van der Waals surface area contributed by atoms with Crippen LogP contribution in [0.3, 0.4) is 0 Å². The van der Waals surface area contributed by atoms with Crippen molar-refractivity contribution in [2.24, 2.45) is 11.3 Å². The van der Waals surface area contributed by atoms with Crippen molar-refractivity contribution in [2.75, 3.05) is 20.1 Å². The van der Waals surface area contributed by atoms with Crippen LogP contribution in [-0.4, -0.2) is 53.0 Å². The van der Waals surface area contributed by atoms with Crippen LogP contribution in [0.2, 0.25) is 0 Å². The Kier molecular flexibility index (Phi) is 4.75. The van der Waals surface area contributed by atoms with Gasteiger partial charge in [0.05, 0.1) is 6.54 Å². The summed E-state index contributed by atoms with van der Waals surface area (Å²) < 4.78 is 0. The van der Waals surface area contributed by atoms with Crippen molar-refractivity contribution in [2.45, 2.75) is 64.1 Å². The van der Waals surface area contributed by atoms with Gasteiger partial charge in [-0.15, -0.1) is 11.3 Å². The lowest BCUT2D eigenvalue weighted by atomic mass is 9.92. The zero-order chi connectivity index (χ0) is 17.4. The summed E-state index contributed by atoms with van der Waals surface area (Å²) in [5.74, 6) is 0.632. The van der Waals surface area contributed by atoms with Gasteiger partial charge in [0.25, 0.3) is 0 Å². The minimum atomic E-state index is 0.168. The van der Waals surface area contributed by atoms with Gasteiger partial charge in [0.2, 0.25) is 0 Å². The number of nitrogens with zero attached hydrogens (tertiary/aromatic N) is 3. The number of urea groups is 1. The topological polar surface area (TPSA) is 48.5 Å². The summed E-state index contributed by atoms with van der Waals surface area (Å²) in [6.45, 7) is 5.03.